The minimum Gasteiger partial charge on any atom is -0.384 e. The summed E-state index contributed by atoms with van der Waals surface area (Å²) in [5.74, 6) is 0.355. The third kappa shape index (κ3) is 3.67. The number of aromatic amines is 1. The fraction of sp³-hybridized carbons (Fsp3) is 0.158. The van der Waals surface area contributed by atoms with Crippen LogP contribution in [0.3, 0.4) is 0 Å². The number of nitrogens with one attached hydrogen (secondary N) is 1. The van der Waals surface area contributed by atoms with E-state index in [9.17, 15) is 4.79 Å². The van der Waals surface area contributed by atoms with Crippen LogP contribution in [-0.2, 0) is 4.79 Å². The average molecular weight is 355 g/mol. The summed E-state index contributed by atoms with van der Waals surface area (Å²) in [5, 5.41) is 1.69. The van der Waals surface area contributed by atoms with Gasteiger partial charge in [-0.15, -0.1) is 0 Å². The Bertz CT molecular complexity index is 930. The summed E-state index contributed by atoms with van der Waals surface area (Å²) in [6, 6.07) is 9.10. The zero-order valence-corrected chi connectivity index (χ0v) is 14.8. The third-order valence-electron chi connectivity index (χ3n) is 4.28. The molecule has 3 N–H and O–H groups in total. The molecule has 0 fully saturated rings. The van der Waals surface area contributed by atoms with Crippen molar-refractivity contribution in [2.45, 2.75) is 13.0 Å². The largest absolute Gasteiger partial charge is 0.384 e. The van der Waals surface area contributed by atoms with Gasteiger partial charge in [-0.2, -0.15) is 0 Å². The molecule has 1 atom stereocenters. The minimum absolute atomic E-state index is 0.0966. The molecule has 128 valence electrons. The van der Waals surface area contributed by atoms with Gasteiger partial charge in [0.1, 0.15) is 5.82 Å². The van der Waals surface area contributed by atoms with E-state index in [1.54, 1.807) is 30.3 Å². The van der Waals surface area contributed by atoms with Crippen LogP contribution in [0.4, 0.5) is 5.82 Å². The Labute approximate surface area is 151 Å². The van der Waals surface area contributed by atoms with E-state index in [1.807, 2.05) is 37.4 Å². The number of carbonyl (C=O) groups is 1. The lowest BCUT2D eigenvalue weighted by molar-refractivity contribution is -0.126. The number of carbonyl (C=O) groups excluding carboxylic acids is 1. The van der Waals surface area contributed by atoms with Gasteiger partial charge >= 0.3 is 0 Å². The summed E-state index contributed by atoms with van der Waals surface area (Å²) < 4.78 is 0. The number of nitrogens with zero attached hydrogens (tertiary/aromatic N) is 2. The Morgan fingerprint density at radius 2 is 2.16 bits per heavy atom. The number of aromatic nitrogens is 2. The van der Waals surface area contributed by atoms with Crippen LogP contribution in [0.25, 0.3) is 17.0 Å². The van der Waals surface area contributed by atoms with Crippen LogP contribution in [0.2, 0.25) is 5.02 Å². The normalized spacial score (nSPS) is 12.6. The van der Waals surface area contributed by atoms with E-state index in [-0.39, 0.29) is 11.9 Å². The van der Waals surface area contributed by atoms with Gasteiger partial charge in [0.2, 0.25) is 5.91 Å². The topological polar surface area (TPSA) is 75.0 Å². The quantitative estimate of drug-likeness (QED) is 0.694. The number of nitrogens with two attached hydrogens (primary N) is 1. The summed E-state index contributed by atoms with van der Waals surface area (Å²) in [6.07, 6.45) is 6.81. The molecule has 0 bridgehead atoms. The van der Waals surface area contributed by atoms with Gasteiger partial charge in [-0.05, 0) is 54.5 Å². The number of halogens is 1. The first-order valence-corrected chi connectivity index (χ1v) is 8.26. The second kappa shape index (κ2) is 6.99. The van der Waals surface area contributed by atoms with Gasteiger partial charge in [0, 0.05) is 41.4 Å². The van der Waals surface area contributed by atoms with Crippen LogP contribution in [-0.4, -0.2) is 27.8 Å². The average Bonchev–Trinajstić information content (AvgIpc) is 3.02. The first kappa shape index (κ1) is 17.0. The summed E-state index contributed by atoms with van der Waals surface area (Å²) in [4.78, 5) is 21.4. The molecule has 0 aliphatic rings. The van der Waals surface area contributed by atoms with Crippen molar-refractivity contribution in [3.8, 4) is 0 Å². The Hall–Kier alpha value is -2.79. The van der Waals surface area contributed by atoms with Crippen LogP contribution >= 0.6 is 11.6 Å². The SMILES string of the molecule is CC(c1c[nH]c2ccc(Cl)cc12)N(C)C(=O)/C=C/c1ccc(N)nc1. The molecule has 2 heterocycles. The van der Waals surface area contributed by atoms with E-state index in [2.05, 4.69) is 9.97 Å². The van der Waals surface area contributed by atoms with E-state index in [0.29, 0.717) is 10.8 Å². The Morgan fingerprint density at radius 3 is 2.88 bits per heavy atom. The van der Waals surface area contributed by atoms with E-state index in [0.717, 1.165) is 22.0 Å². The van der Waals surface area contributed by atoms with Crippen molar-refractivity contribution in [1.82, 2.24) is 14.9 Å². The molecule has 25 heavy (non-hydrogen) atoms. The van der Waals surface area contributed by atoms with Crippen molar-refractivity contribution < 1.29 is 4.79 Å². The zero-order valence-electron chi connectivity index (χ0n) is 14.0. The van der Waals surface area contributed by atoms with Gasteiger partial charge in [-0.25, -0.2) is 4.98 Å². The highest BCUT2D eigenvalue weighted by Crippen LogP contribution is 2.29. The van der Waals surface area contributed by atoms with Gasteiger partial charge in [-0.3, -0.25) is 4.79 Å². The molecule has 1 unspecified atom stereocenters. The number of hydrogen-bond donors (Lipinski definition) is 2. The third-order valence-corrected chi connectivity index (χ3v) is 4.52. The fourth-order valence-corrected chi connectivity index (χ4v) is 2.83. The molecule has 0 radical (unpaired) electrons. The van der Waals surface area contributed by atoms with E-state index < -0.39 is 0 Å². The molecular formula is C19H19ClN4O. The van der Waals surface area contributed by atoms with Crippen molar-refractivity contribution in [2.75, 3.05) is 12.8 Å². The van der Waals surface area contributed by atoms with Crippen LogP contribution in [0.15, 0.2) is 48.8 Å². The number of pyridine rings is 1. The number of benzene rings is 1. The van der Waals surface area contributed by atoms with Crippen molar-refractivity contribution in [3.63, 3.8) is 0 Å². The van der Waals surface area contributed by atoms with Crippen molar-refractivity contribution in [2.24, 2.45) is 0 Å². The van der Waals surface area contributed by atoms with E-state index >= 15 is 0 Å². The maximum absolute atomic E-state index is 12.5. The van der Waals surface area contributed by atoms with Gasteiger partial charge < -0.3 is 15.6 Å². The number of amides is 1. The maximum Gasteiger partial charge on any atom is 0.246 e. The van der Waals surface area contributed by atoms with Gasteiger partial charge in [-0.1, -0.05) is 11.6 Å². The highest BCUT2D eigenvalue weighted by Gasteiger charge is 2.18. The molecule has 0 saturated carbocycles. The van der Waals surface area contributed by atoms with Crippen LogP contribution in [0, 0.1) is 0 Å². The van der Waals surface area contributed by atoms with Crippen molar-refractivity contribution in [1.29, 1.82) is 0 Å². The van der Waals surface area contributed by atoms with Crippen molar-refractivity contribution >= 4 is 40.3 Å². The number of H-pyrrole nitrogens is 1. The highest BCUT2D eigenvalue weighted by atomic mass is 35.5. The molecule has 3 rings (SSSR count). The number of hydrogen-bond acceptors (Lipinski definition) is 3. The van der Waals surface area contributed by atoms with E-state index in [1.165, 1.54) is 6.08 Å². The molecule has 6 heteroatoms. The van der Waals surface area contributed by atoms with Crippen molar-refractivity contribution in [3.05, 3.63) is 65.0 Å². The smallest absolute Gasteiger partial charge is 0.246 e. The maximum atomic E-state index is 12.5. The molecule has 0 aliphatic carbocycles. The van der Waals surface area contributed by atoms with Crippen LogP contribution in [0.5, 0.6) is 0 Å². The second-order valence-electron chi connectivity index (χ2n) is 5.91. The fourth-order valence-electron chi connectivity index (χ4n) is 2.66. The predicted octanol–water partition coefficient (Wildman–Crippen LogP) is 4.03. The van der Waals surface area contributed by atoms with Crippen LogP contribution in [0.1, 0.15) is 24.1 Å². The van der Waals surface area contributed by atoms with Crippen LogP contribution < -0.4 is 5.73 Å². The lowest BCUT2D eigenvalue weighted by Gasteiger charge is -2.23. The molecule has 5 nitrogen and oxygen atoms in total. The molecule has 1 amide bonds. The number of likely N-dealkylation sites (N-methyl/N-ethyl adjacent to an activating group) is 1. The number of nitrogen functional groups attached to an aromatic ring is 1. The highest BCUT2D eigenvalue weighted by molar-refractivity contribution is 6.31. The number of anilines is 1. The lowest BCUT2D eigenvalue weighted by Crippen LogP contribution is -2.27. The van der Waals surface area contributed by atoms with Gasteiger partial charge in [0.05, 0.1) is 6.04 Å². The zero-order chi connectivity index (χ0) is 18.0. The first-order chi connectivity index (χ1) is 12.0. The predicted molar refractivity (Wildman–Crippen MR) is 102 cm³/mol. The second-order valence-corrected chi connectivity index (χ2v) is 6.35. The molecule has 0 spiro atoms. The molecule has 0 saturated heterocycles. The number of fused-ring (bicyclic) bond motifs is 1. The van der Waals surface area contributed by atoms with Gasteiger partial charge in [0.25, 0.3) is 0 Å². The van der Waals surface area contributed by atoms with E-state index in [4.69, 9.17) is 17.3 Å². The Kier molecular flexibility index (Phi) is 4.76. The molecule has 0 aliphatic heterocycles. The molecule has 1 aromatic carbocycles. The summed E-state index contributed by atoms with van der Waals surface area (Å²) in [6.45, 7) is 1.99. The Morgan fingerprint density at radius 1 is 1.36 bits per heavy atom. The number of rotatable bonds is 4. The monoisotopic (exact) mass is 354 g/mol. The standard InChI is InChI=1S/C19H19ClN4O/c1-12(16-11-22-17-6-5-14(20)9-15(16)17)24(2)19(25)8-4-13-3-7-18(21)23-10-13/h3-12,22H,1-2H3,(H2,21,23)/b8-4+. The summed E-state index contributed by atoms with van der Waals surface area (Å²) >= 11 is 6.10. The summed E-state index contributed by atoms with van der Waals surface area (Å²) in [7, 11) is 1.78. The minimum atomic E-state index is -0.103. The lowest BCUT2D eigenvalue weighted by atomic mass is 10.1. The molecular weight excluding hydrogens is 336 g/mol. The molecule has 2 aromatic heterocycles. The van der Waals surface area contributed by atoms with Gasteiger partial charge in [0.15, 0.2) is 0 Å². The Balaban J connectivity index is 1.78. The summed E-state index contributed by atoms with van der Waals surface area (Å²) in [5.41, 5.74) is 8.40. The first-order valence-electron chi connectivity index (χ1n) is 7.88. The molecule has 3 aromatic rings.